The standard InChI is InChI=1S/C18H14F5NO/c19-11-6-5-10(15(7-11)18(21,22)23)9-24-17(25)14-8-13(14)12-3-1-2-4-16(12)20/h1-7,13-14H,8-9H2,(H,24,25). The van der Waals surface area contributed by atoms with Crippen LogP contribution in [0.5, 0.6) is 0 Å². The summed E-state index contributed by atoms with van der Waals surface area (Å²) < 4.78 is 65.6. The third-order valence-electron chi connectivity index (χ3n) is 4.26. The van der Waals surface area contributed by atoms with Gasteiger partial charge in [0.2, 0.25) is 5.91 Å². The Hall–Kier alpha value is -2.44. The maximum atomic E-state index is 13.7. The van der Waals surface area contributed by atoms with E-state index in [4.69, 9.17) is 0 Å². The summed E-state index contributed by atoms with van der Waals surface area (Å²) in [6.45, 7) is -0.367. The van der Waals surface area contributed by atoms with Crippen molar-refractivity contribution in [2.75, 3.05) is 0 Å². The van der Waals surface area contributed by atoms with Crippen LogP contribution < -0.4 is 5.32 Å². The number of hydrogen-bond donors (Lipinski definition) is 1. The van der Waals surface area contributed by atoms with Crippen molar-refractivity contribution >= 4 is 5.91 Å². The molecule has 7 heteroatoms. The van der Waals surface area contributed by atoms with Crippen molar-refractivity contribution in [2.24, 2.45) is 5.92 Å². The molecule has 2 nitrogen and oxygen atoms in total. The number of rotatable bonds is 4. The number of halogens is 5. The number of alkyl halides is 3. The lowest BCUT2D eigenvalue weighted by Crippen LogP contribution is -2.26. The molecule has 0 spiro atoms. The highest BCUT2D eigenvalue weighted by atomic mass is 19.4. The van der Waals surface area contributed by atoms with Crippen LogP contribution in [0.1, 0.15) is 29.0 Å². The van der Waals surface area contributed by atoms with Crippen LogP contribution in [-0.2, 0) is 17.5 Å². The first-order valence-corrected chi connectivity index (χ1v) is 7.65. The van der Waals surface area contributed by atoms with E-state index in [0.717, 1.165) is 12.1 Å². The number of benzene rings is 2. The first-order chi connectivity index (χ1) is 11.8. The zero-order valence-electron chi connectivity index (χ0n) is 12.9. The van der Waals surface area contributed by atoms with Crippen molar-refractivity contribution in [3.8, 4) is 0 Å². The summed E-state index contributed by atoms with van der Waals surface area (Å²) >= 11 is 0. The molecule has 1 fully saturated rings. The highest BCUT2D eigenvalue weighted by Gasteiger charge is 2.45. The number of nitrogens with one attached hydrogen (secondary N) is 1. The van der Waals surface area contributed by atoms with Gasteiger partial charge in [0, 0.05) is 12.5 Å². The van der Waals surface area contributed by atoms with Crippen molar-refractivity contribution in [3.63, 3.8) is 0 Å². The van der Waals surface area contributed by atoms with Crippen LogP contribution in [-0.4, -0.2) is 5.91 Å². The minimum absolute atomic E-state index is 0.217. The average molecular weight is 355 g/mol. The molecule has 25 heavy (non-hydrogen) atoms. The largest absolute Gasteiger partial charge is 0.416 e. The Morgan fingerprint density at radius 1 is 1.12 bits per heavy atom. The van der Waals surface area contributed by atoms with Gasteiger partial charge in [-0.1, -0.05) is 24.3 Å². The summed E-state index contributed by atoms with van der Waals surface area (Å²) in [4.78, 5) is 12.1. The van der Waals surface area contributed by atoms with E-state index in [0.29, 0.717) is 18.1 Å². The zero-order valence-corrected chi connectivity index (χ0v) is 12.9. The van der Waals surface area contributed by atoms with Gasteiger partial charge in [0.1, 0.15) is 11.6 Å². The van der Waals surface area contributed by atoms with Crippen molar-refractivity contribution in [1.29, 1.82) is 0 Å². The molecule has 132 valence electrons. The van der Waals surface area contributed by atoms with E-state index in [1.165, 1.54) is 6.07 Å². The van der Waals surface area contributed by atoms with Crippen molar-refractivity contribution in [1.82, 2.24) is 5.32 Å². The van der Waals surface area contributed by atoms with Gasteiger partial charge >= 0.3 is 6.18 Å². The first-order valence-electron chi connectivity index (χ1n) is 7.65. The molecule has 0 bridgehead atoms. The molecule has 0 saturated heterocycles. The average Bonchev–Trinajstić information content (AvgIpc) is 3.33. The molecule has 0 aliphatic heterocycles. The second-order valence-corrected chi connectivity index (χ2v) is 5.99. The predicted octanol–water partition coefficient (Wildman–Crippen LogP) is 4.40. The number of hydrogen-bond acceptors (Lipinski definition) is 1. The topological polar surface area (TPSA) is 29.1 Å². The minimum atomic E-state index is -4.71. The maximum absolute atomic E-state index is 13.7. The second-order valence-electron chi connectivity index (χ2n) is 5.99. The molecule has 1 amide bonds. The Kier molecular flexibility index (Phi) is 4.49. The van der Waals surface area contributed by atoms with Crippen LogP contribution in [0, 0.1) is 17.6 Å². The van der Waals surface area contributed by atoms with Crippen LogP contribution in [0.25, 0.3) is 0 Å². The summed E-state index contributed by atoms with van der Waals surface area (Å²) in [5.74, 6) is -2.57. The van der Waals surface area contributed by atoms with E-state index in [1.54, 1.807) is 18.2 Å². The van der Waals surface area contributed by atoms with E-state index in [-0.39, 0.29) is 18.0 Å². The maximum Gasteiger partial charge on any atom is 0.416 e. The molecular formula is C18H14F5NO. The third kappa shape index (κ3) is 3.81. The van der Waals surface area contributed by atoms with Crippen molar-refractivity contribution < 1.29 is 26.7 Å². The van der Waals surface area contributed by atoms with Crippen molar-refractivity contribution in [2.45, 2.75) is 25.1 Å². The molecular weight excluding hydrogens is 341 g/mol. The van der Waals surface area contributed by atoms with Crippen LogP contribution in [0.4, 0.5) is 22.0 Å². The van der Waals surface area contributed by atoms with Gasteiger partial charge in [0.05, 0.1) is 5.56 Å². The highest BCUT2D eigenvalue weighted by molar-refractivity contribution is 5.82. The van der Waals surface area contributed by atoms with Crippen LogP contribution in [0.15, 0.2) is 42.5 Å². The molecule has 2 atom stereocenters. The molecule has 1 saturated carbocycles. The minimum Gasteiger partial charge on any atom is -0.352 e. The fourth-order valence-electron chi connectivity index (χ4n) is 2.88. The second kappa shape index (κ2) is 6.46. The van der Waals surface area contributed by atoms with Crippen LogP contribution in [0.3, 0.4) is 0 Å². The summed E-state index contributed by atoms with van der Waals surface area (Å²) in [6.07, 6.45) is -4.26. The Morgan fingerprint density at radius 2 is 1.84 bits per heavy atom. The molecule has 2 aromatic carbocycles. The zero-order chi connectivity index (χ0) is 18.2. The van der Waals surface area contributed by atoms with Gasteiger partial charge in [0.15, 0.2) is 0 Å². The summed E-state index contributed by atoms with van der Waals surface area (Å²) in [5.41, 5.74) is -0.903. The first kappa shape index (κ1) is 17.4. The summed E-state index contributed by atoms with van der Waals surface area (Å²) in [5, 5.41) is 2.43. The number of amides is 1. The molecule has 0 aromatic heterocycles. The van der Waals surface area contributed by atoms with E-state index in [1.807, 2.05) is 0 Å². The Balaban J connectivity index is 1.66. The van der Waals surface area contributed by atoms with Gasteiger partial charge in [-0.2, -0.15) is 13.2 Å². The lowest BCUT2D eigenvalue weighted by molar-refractivity contribution is -0.138. The van der Waals surface area contributed by atoms with Gasteiger partial charge in [-0.25, -0.2) is 8.78 Å². The third-order valence-corrected chi connectivity index (χ3v) is 4.26. The molecule has 3 rings (SSSR count). The van der Waals surface area contributed by atoms with Gasteiger partial charge in [0.25, 0.3) is 0 Å². The highest BCUT2D eigenvalue weighted by Crippen LogP contribution is 2.48. The van der Waals surface area contributed by atoms with Gasteiger partial charge in [-0.3, -0.25) is 4.79 Å². The van der Waals surface area contributed by atoms with Gasteiger partial charge in [-0.15, -0.1) is 0 Å². The lowest BCUT2D eigenvalue weighted by Gasteiger charge is -2.13. The van der Waals surface area contributed by atoms with Crippen LogP contribution >= 0.6 is 0 Å². The van der Waals surface area contributed by atoms with E-state index in [9.17, 15) is 26.7 Å². The quantitative estimate of drug-likeness (QED) is 0.809. The molecule has 0 radical (unpaired) electrons. The molecule has 2 aromatic rings. The molecule has 1 aliphatic carbocycles. The smallest absolute Gasteiger partial charge is 0.352 e. The van der Waals surface area contributed by atoms with Gasteiger partial charge in [-0.05, 0) is 41.7 Å². The SMILES string of the molecule is O=C(NCc1ccc(F)cc1C(F)(F)F)C1CC1c1ccccc1F. The van der Waals surface area contributed by atoms with Crippen LogP contribution in [0.2, 0.25) is 0 Å². The van der Waals surface area contributed by atoms with E-state index >= 15 is 0 Å². The predicted molar refractivity (Wildman–Crippen MR) is 80.5 cm³/mol. The molecule has 0 heterocycles. The Labute approximate surface area is 140 Å². The molecule has 1 N–H and O–H groups in total. The monoisotopic (exact) mass is 355 g/mol. The summed E-state index contributed by atoms with van der Waals surface area (Å²) in [7, 11) is 0. The number of carbonyl (C=O) groups excluding carboxylic acids is 1. The summed E-state index contributed by atoms with van der Waals surface area (Å²) in [6, 6.07) is 8.42. The normalized spacial score (nSPS) is 19.6. The van der Waals surface area contributed by atoms with Crippen molar-refractivity contribution in [3.05, 3.63) is 70.8 Å². The molecule has 2 unspecified atom stereocenters. The molecule has 1 aliphatic rings. The Bertz CT molecular complexity index is 802. The Morgan fingerprint density at radius 3 is 2.52 bits per heavy atom. The fraction of sp³-hybridized carbons (Fsp3) is 0.278. The van der Waals surface area contributed by atoms with Gasteiger partial charge < -0.3 is 5.32 Å². The lowest BCUT2D eigenvalue weighted by atomic mass is 10.1. The van der Waals surface area contributed by atoms with E-state index in [2.05, 4.69) is 5.32 Å². The number of carbonyl (C=O) groups is 1. The fourth-order valence-corrected chi connectivity index (χ4v) is 2.88. The van der Waals surface area contributed by atoms with E-state index < -0.39 is 35.2 Å².